The molecule has 2 aromatic rings. The lowest BCUT2D eigenvalue weighted by Gasteiger charge is -2.17. The molecule has 0 saturated carbocycles. The molecule has 118 valence electrons. The molecule has 1 atom stereocenters. The minimum Gasteiger partial charge on any atom is -0.454 e. The summed E-state index contributed by atoms with van der Waals surface area (Å²) in [5.74, 6) is 0.281. The van der Waals surface area contributed by atoms with Crippen molar-refractivity contribution in [3.05, 3.63) is 59.7 Å². The maximum Gasteiger partial charge on any atom is 0.234 e. The lowest BCUT2D eigenvalue weighted by molar-refractivity contribution is -0.121. The summed E-state index contributed by atoms with van der Waals surface area (Å²) in [5.41, 5.74) is 7.10. The Bertz CT molecular complexity index is 731. The van der Waals surface area contributed by atoms with Crippen molar-refractivity contribution in [1.29, 1.82) is 5.41 Å². The number of hydrogen-bond donors (Lipinski definition) is 3. The normalized spacial score (nSPS) is 13.4. The lowest BCUT2D eigenvalue weighted by Crippen LogP contribution is -2.39. The van der Waals surface area contributed by atoms with Crippen molar-refractivity contribution < 1.29 is 14.3 Å². The molecule has 0 radical (unpaired) electrons. The topological polar surface area (TPSA) is 97.4 Å². The van der Waals surface area contributed by atoms with Crippen LogP contribution in [0.15, 0.2) is 48.5 Å². The van der Waals surface area contributed by atoms with E-state index in [-0.39, 0.29) is 18.7 Å². The van der Waals surface area contributed by atoms with E-state index in [1.807, 2.05) is 48.5 Å². The second-order valence-electron chi connectivity index (χ2n) is 5.26. The number of nitrogens with one attached hydrogen (secondary N) is 2. The largest absolute Gasteiger partial charge is 0.454 e. The quantitative estimate of drug-likeness (QED) is 0.592. The maximum atomic E-state index is 12.4. The Morgan fingerprint density at radius 1 is 1.17 bits per heavy atom. The number of rotatable bonds is 4. The third-order valence-electron chi connectivity index (χ3n) is 3.65. The first kappa shape index (κ1) is 14.9. The summed E-state index contributed by atoms with van der Waals surface area (Å²) in [7, 11) is 0. The number of hydrogen-bond acceptors (Lipinski definition) is 4. The van der Waals surface area contributed by atoms with Gasteiger partial charge >= 0.3 is 0 Å². The number of amides is 1. The lowest BCUT2D eigenvalue weighted by atomic mass is 9.91. The van der Waals surface area contributed by atoms with Gasteiger partial charge in [0.25, 0.3) is 0 Å². The Morgan fingerprint density at radius 3 is 2.65 bits per heavy atom. The zero-order chi connectivity index (χ0) is 16.2. The van der Waals surface area contributed by atoms with Crippen LogP contribution in [-0.4, -0.2) is 18.7 Å². The molecule has 23 heavy (non-hydrogen) atoms. The first-order valence-electron chi connectivity index (χ1n) is 7.22. The molecule has 0 aromatic heterocycles. The summed E-state index contributed by atoms with van der Waals surface area (Å²) in [4.78, 5) is 12.4. The fourth-order valence-corrected chi connectivity index (χ4v) is 2.57. The summed E-state index contributed by atoms with van der Waals surface area (Å²) < 4.78 is 10.7. The van der Waals surface area contributed by atoms with E-state index >= 15 is 0 Å². The number of carbonyl (C=O) groups excluding carboxylic acids is 1. The third-order valence-corrected chi connectivity index (χ3v) is 3.65. The third kappa shape index (κ3) is 3.42. The SMILES string of the molecule is N=C(N)NC(=O)C(Cc1ccc2c(c1)OCO2)c1ccccc1. The minimum absolute atomic E-state index is 0.214. The van der Waals surface area contributed by atoms with E-state index in [1.54, 1.807) is 0 Å². The number of carbonyl (C=O) groups is 1. The molecule has 0 fully saturated rings. The van der Waals surface area contributed by atoms with Crippen LogP contribution in [0.4, 0.5) is 0 Å². The van der Waals surface area contributed by atoms with E-state index in [9.17, 15) is 4.79 Å². The molecule has 1 aliphatic rings. The molecule has 1 unspecified atom stereocenters. The van der Waals surface area contributed by atoms with Gasteiger partial charge in [-0.05, 0) is 29.7 Å². The molecule has 0 spiro atoms. The molecule has 6 heteroatoms. The second kappa shape index (κ2) is 6.39. The fraction of sp³-hybridized carbons (Fsp3) is 0.176. The number of ether oxygens (including phenoxy) is 2. The Labute approximate surface area is 133 Å². The van der Waals surface area contributed by atoms with Crippen LogP contribution in [0, 0.1) is 5.41 Å². The van der Waals surface area contributed by atoms with Gasteiger partial charge in [0.15, 0.2) is 17.5 Å². The number of fused-ring (bicyclic) bond motifs is 1. The van der Waals surface area contributed by atoms with Crippen molar-refractivity contribution in [1.82, 2.24) is 5.32 Å². The van der Waals surface area contributed by atoms with Gasteiger partial charge in [-0.1, -0.05) is 36.4 Å². The smallest absolute Gasteiger partial charge is 0.234 e. The van der Waals surface area contributed by atoms with Crippen LogP contribution in [0.2, 0.25) is 0 Å². The first-order valence-corrected chi connectivity index (χ1v) is 7.22. The predicted octanol–water partition coefficient (Wildman–Crippen LogP) is 1.75. The molecular weight excluding hydrogens is 294 g/mol. The highest BCUT2D eigenvalue weighted by molar-refractivity contribution is 5.98. The van der Waals surface area contributed by atoms with Gasteiger partial charge in [-0.15, -0.1) is 0 Å². The number of nitrogens with two attached hydrogens (primary N) is 1. The number of guanidine groups is 1. The van der Waals surface area contributed by atoms with Crippen molar-refractivity contribution in [3.8, 4) is 11.5 Å². The molecule has 4 N–H and O–H groups in total. The summed E-state index contributed by atoms with van der Waals surface area (Å²) in [6.45, 7) is 0.214. The van der Waals surface area contributed by atoms with E-state index in [0.717, 1.165) is 11.1 Å². The van der Waals surface area contributed by atoms with Crippen molar-refractivity contribution in [2.75, 3.05) is 6.79 Å². The molecule has 6 nitrogen and oxygen atoms in total. The first-order chi connectivity index (χ1) is 11.1. The molecule has 0 saturated heterocycles. The van der Waals surface area contributed by atoms with Crippen molar-refractivity contribution in [2.24, 2.45) is 5.73 Å². The average molecular weight is 311 g/mol. The van der Waals surface area contributed by atoms with Crippen LogP contribution in [0.25, 0.3) is 0 Å². The highest BCUT2D eigenvalue weighted by Crippen LogP contribution is 2.34. The van der Waals surface area contributed by atoms with Crippen molar-refractivity contribution in [3.63, 3.8) is 0 Å². The van der Waals surface area contributed by atoms with E-state index in [2.05, 4.69) is 5.32 Å². The Kier molecular flexibility index (Phi) is 4.14. The van der Waals surface area contributed by atoms with Gasteiger partial charge in [-0.3, -0.25) is 15.5 Å². The van der Waals surface area contributed by atoms with E-state index in [0.29, 0.717) is 17.9 Å². The van der Waals surface area contributed by atoms with E-state index in [4.69, 9.17) is 20.6 Å². The van der Waals surface area contributed by atoms with Crippen molar-refractivity contribution >= 4 is 11.9 Å². The predicted molar refractivity (Wildman–Crippen MR) is 85.5 cm³/mol. The molecule has 2 aromatic carbocycles. The molecular formula is C17H17N3O3. The molecule has 1 aliphatic heterocycles. The van der Waals surface area contributed by atoms with E-state index < -0.39 is 5.92 Å². The molecule has 0 aliphatic carbocycles. The van der Waals surface area contributed by atoms with Gasteiger partial charge in [0.05, 0.1) is 5.92 Å². The van der Waals surface area contributed by atoms with Gasteiger partial charge in [-0.2, -0.15) is 0 Å². The molecule has 0 bridgehead atoms. The highest BCUT2D eigenvalue weighted by atomic mass is 16.7. The van der Waals surface area contributed by atoms with Gasteiger partial charge in [0.1, 0.15) is 0 Å². The van der Waals surface area contributed by atoms with Crippen molar-refractivity contribution in [2.45, 2.75) is 12.3 Å². The zero-order valence-corrected chi connectivity index (χ0v) is 12.4. The number of benzene rings is 2. The molecule has 1 amide bonds. The summed E-state index contributed by atoms with van der Waals surface area (Å²) in [6, 6.07) is 15.0. The van der Waals surface area contributed by atoms with Gasteiger partial charge in [0, 0.05) is 0 Å². The molecule has 1 heterocycles. The molecule has 3 rings (SSSR count). The van der Waals surface area contributed by atoms with Gasteiger partial charge in [-0.25, -0.2) is 0 Å². The second-order valence-corrected chi connectivity index (χ2v) is 5.26. The fourth-order valence-electron chi connectivity index (χ4n) is 2.57. The zero-order valence-electron chi connectivity index (χ0n) is 12.4. The van der Waals surface area contributed by atoms with Crippen LogP contribution in [0.3, 0.4) is 0 Å². The minimum atomic E-state index is -0.444. The Morgan fingerprint density at radius 2 is 1.91 bits per heavy atom. The van der Waals surface area contributed by atoms with Crippen LogP contribution < -0.4 is 20.5 Å². The Hall–Kier alpha value is -3.02. The summed E-state index contributed by atoms with van der Waals surface area (Å²) in [6.07, 6.45) is 0.472. The van der Waals surface area contributed by atoms with Crippen LogP contribution in [0.1, 0.15) is 17.0 Å². The van der Waals surface area contributed by atoms with E-state index in [1.165, 1.54) is 0 Å². The van der Waals surface area contributed by atoms with Crippen LogP contribution >= 0.6 is 0 Å². The van der Waals surface area contributed by atoms with Gasteiger partial charge in [0.2, 0.25) is 12.7 Å². The monoisotopic (exact) mass is 311 g/mol. The summed E-state index contributed by atoms with van der Waals surface area (Å²) in [5, 5.41) is 9.65. The van der Waals surface area contributed by atoms with Crippen LogP contribution in [0.5, 0.6) is 11.5 Å². The Balaban J connectivity index is 1.86. The van der Waals surface area contributed by atoms with Gasteiger partial charge < -0.3 is 15.2 Å². The average Bonchev–Trinajstić information content (AvgIpc) is 3.00. The maximum absolute atomic E-state index is 12.4. The summed E-state index contributed by atoms with van der Waals surface area (Å²) >= 11 is 0. The highest BCUT2D eigenvalue weighted by Gasteiger charge is 2.23. The standard InChI is InChI=1S/C17H17N3O3/c18-17(19)20-16(21)13(12-4-2-1-3-5-12)8-11-6-7-14-15(9-11)23-10-22-14/h1-7,9,13H,8,10H2,(H4,18,19,20,21). The van der Waals surface area contributed by atoms with Crippen LogP contribution in [-0.2, 0) is 11.2 Å².